The lowest BCUT2D eigenvalue weighted by molar-refractivity contribution is -0.167. The summed E-state index contributed by atoms with van der Waals surface area (Å²) in [7, 11) is 0. The third-order valence-electron chi connectivity index (χ3n) is 1.86. The van der Waals surface area contributed by atoms with E-state index >= 15 is 0 Å². The predicted octanol–water partition coefficient (Wildman–Crippen LogP) is 1.12. The van der Waals surface area contributed by atoms with Crippen LogP contribution >= 0.6 is 0 Å². The standard InChI is InChI=1S/C8H14O3/c1-3-8(9)11-6(2)7-4-5-10-7/h6-7H,3-5H2,1-2H3. The Morgan fingerprint density at radius 3 is 2.82 bits per heavy atom. The summed E-state index contributed by atoms with van der Waals surface area (Å²) in [6.07, 6.45) is 1.52. The fourth-order valence-corrected chi connectivity index (χ4v) is 0.991. The number of rotatable bonds is 3. The van der Waals surface area contributed by atoms with Crippen LogP contribution < -0.4 is 0 Å². The Morgan fingerprint density at radius 1 is 1.82 bits per heavy atom. The molecular weight excluding hydrogens is 144 g/mol. The van der Waals surface area contributed by atoms with Gasteiger partial charge in [0.25, 0.3) is 0 Å². The number of ether oxygens (including phenoxy) is 2. The molecule has 0 spiro atoms. The number of hydrogen-bond donors (Lipinski definition) is 0. The Labute approximate surface area is 66.7 Å². The van der Waals surface area contributed by atoms with Gasteiger partial charge in [-0.3, -0.25) is 4.79 Å². The van der Waals surface area contributed by atoms with E-state index < -0.39 is 0 Å². The van der Waals surface area contributed by atoms with Gasteiger partial charge in [-0.25, -0.2) is 0 Å². The minimum Gasteiger partial charge on any atom is -0.460 e. The zero-order valence-corrected chi connectivity index (χ0v) is 7.00. The van der Waals surface area contributed by atoms with E-state index in [1.165, 1.54) is 0 Å². The molecule has 64 valence electrons. The third-order valence-corrected chi connectivity index (χ3v) is 1.86. The highest BCUT2D eigenvalue weighted by Gasteiger charge is 2.27. The molecule has 11 heavy (non-hydrogen) atoms. The summed E-state index contributed by atoms with van der Waals surface area (Å²) in [6, 6.07) is 0. The van der Waals surface area contributed by atoms with Crippen LogP contribution in [0.1, 0.15) is 26.7 Å². The lowest BCUT2D eigenvalue weighted by Crippen LogP contribution is -2.39. The Morgan fingerprint density at radius 2 is 2.45 bits per heavy atom. The molecule has 0 saturated carbocycles. The van der Waals surface area contributed by atoms with Crippen LogP contribution in [0.3, 0.4) is 0 Å². The number of esters is 1. The number of hydrogen-bond acceptors (Lipinski definition) is 3. The van der Waals surface area contributed by atoms with Crippen molar-refractivity contribution in [2.45, 2.75) is 38.9 Å². The van der Waals surface area contributed by atoms with Crippen molar-refractivity contribution in [2.24, 2.45) is 0 Å². The van der Waals surface area contributed by atoms with Gasteiger partial charge in [0, 0.05) is 19.4 Å². The minimum absolute atomic E-state index is 0.0730. The molecular formula is C8H14O3. The van der Waals surface area contributed by atoms with Gasteiger partial charge in [0.1, 0.15) is 6.10 Å². The van der Waals surface area contributed by atoms with E-state index in [2.05, 4.69) is 0 Å². The largest absolute Gasteiger partial charge is 0.460 e. The number of carbonyl (C=O) groups excluding carboxylic acids is 1. The first kappa shape index (κ1) is 8.53. The average Bonchev–Trinajstić information content (AvgIpc) is 1.83. The quantitative estimate of drug-likeness (QED) is 0.577. The fourth-order valence-electron chi connectivity index (χ4n) is 0.991. The van der Waals surface area contributed by atoms with Gasteiger partial charge < -0.3 is 9.47 Å². The van der Waals surface area contributed by atoms with Crippen molar-refractivity contribution in [3.05, 3.63) is 0 Å². The molecule has 3 nitrogen and oxygen atoms in total. The molecule has 1 fully saturated rings. The molecule has 0 amide bonds. The van der Waals surface area contributed by atoms with E-state index in [9.17, 15) is 4.79 Å². The van der Waals surface area contributed by atoms with Crippen molar-refractivity contribution >= 4 is 5.97 Å². The zero-order valence-electron chi connectivity index (χ0n) is 7.00. The van der Waals surface area contributed by atoms with E-state index in [0.717, 1.165) is 13.0 Å². The van der Waals surface area contributed by atoms with Crippen molar-refractivity contribution in [1.29, 1.82) is 0 Å². The van der Waals surface area contributed by atoms with Gasteiger partial charge >= 0.3 is 5.97 Å². The summed E-state index contributed by atoms with van der Waals surface area (Å²) in [5.41, 5.74) is 0. The van der Waals surface area contributed by atoms with Crippen LogP contribution in [0.25, 0.3) is 0 Å². The fraction of sp³-hybridized carbons (Fsp3) is 0.875. The lowest BCUT2D eigenvalue weighted by atomic mass is 10.1. The Balaban J connectivity index is 2.19. The van der Waals surface area contributed by atoms with E-state index in [0.29, 0.717) is 6.42 Å². The summed E-state index contributed by atoms with van der Waals surface area (Å²) in [6.45, 7) is 4.47. The van der Waals surface area contributed by atoms with Gasteiger partial charge in [-0.2, -0.15) is 0 Å². The van der Waals surface area contributed by atoms with Crippen molar-refractivity contribution in [1.82, 2.24) is 0 Å². The van der Waals surface area contributed by atoms with Gasteiger partial charge in [-0.15, -0.1) is 0 Å². The van der Waals surface area contributed by atoms with Crippen LogP contribution in [-0.4, -0.2) is 24.8 Å². The first-order valence-corrected chi connectivity index (χ1v) is 4.05. The molecule has 3 heteroatoms. The molecule has 0 aliphatic carbocycles. The first-order valence-electron chi connectivity index (χ1n) is 4.05. The maximum Gasteiger partial charge on any atom is 0.305 e. The molecule has 0 N–H and O–H groups in total. The van der Waals surface area contributed by atoms with Crippen molar-refractivity contribution in [3.63, 3.8) is 0 Å². The summed E-state index contributed by atoms with van der Waals surface area (Å²) in [4.78, 5) is 10.8. The van der Waals surface area contributed by atoms with E-state index in [-0.39, 0.29) is 18.2 Å². The van der Waals surface area contributed by atoms with Crippen LogP contribution in [0.5, 0.6) is 0 Å². The van der Waals surface area contributed by atoms with Crippen LogP contribution in [0.4, 0.5) is 0 Å². The van der Waals surface area contributed by atoms with Gasteiger partial charge in [-0.05, 0) is 6.92 Å². The average molecular weight is 158 g/mol. The molecule has 1 aliphatic rings. The summed E-state index contributed by atoms with van der Waals surface area (Å²) < 4.78 is 10.2. The minimum atomic E-state index is -0.145. The van der Waals surface area contributed by atoms with Crippen molar-refractivity contribution in [2.75, 3.05) is 6.61 Å². The second-order valence-corrected chi connectivity index (χ2v) is 2.75. The highest BCUT2D eigenvalue weighted by molar-refractivity contribution is 5.69. The lowest BCUT2D eigenvalue weighted by Gasteiger charge is -2.31. The summed E-state index contributed by atoms with van der Waals surface area (Å²) in [5.74, 6) is -0.145. The molecule has 0 aromatic rings. The topological polar surface area (TPSA) is 35.5 Å². The van der Waals surface area contributed by atoms with Crippen molar-refractivity contribution in [3.8, 4) is 0 Å². The number of carbonyl (C=O) groups is 1. The molecule has 0 bridgehead atoms. The molecule has 1 rings (SSSR count). The normalized spacial score (nSPS) is 25.5. The smallest absolute Gasteiger partial charge is 0.305 e. The Bertz CT molecular complexity index is 140. The third kappa shape index (κ3) is 2.19. The molecule has 2 atom stereocenters. The highest BCUT2D eigenvalue weighted by Crippen LogP contribution is 2.17. The van der Waals surface area contributed by atoms with Crippen LogP contribution in [0, 0.1) is 0 Å². The van der Waals surface area contributed by atoms with Gasteiger partial charge in [0.05, 0.1) is 6.10 Å². The molecule has 0 aromatic heterocycles. The monoisotopic (exact) mass is 158 g/mol. The van der Waals surface area contributed by atoms with Crippen molar-refractivity contribution < 1.29 is 14.3 Å². The van der Waals surface area contributed by atoms with Gasteiger partial charge in [-0.1, -0.05) is 6.92 Å². The van der Waals surface area contributed by atoms with E-state index in [4.69, 9.17) is 9.47 Å². The maximum absolute atomic E-state index is 10.8. The highest BCUT2D eigenvalue weighted by atomic mass is 16.6. The molecule has 0 aromatic carbocycles. The van der Waals surface area contributed by atoms with E-state index in [1.807, 2.05) is 6.92 Å². The summed E-state index contributed by atoms with van der Waals surface area (Å²) in [5, 5.41) is 0. The molecule has 1 heterocycles. The Hall–Kier alpha value is -0.570. The van der Waals surface area contributed by atoms with Gasteiger partial charge in [0.15, 0.2) is 0 Å². The molecule has 1 saturated heterocycles. The molecule has 0 radical (unpaired) electrons. The molecule has 1 aliphatic heterocycles. The van der Waals surface area contributed by atoms with Crippen LogP contribution in [0.2, 0.25) is 0 Å². The van der Waals surface area contributed by atoms with E-state index in [1.54, 1.807) is 6.92 Å². The van der Waals surface area contributed by atoms with Crippen LogP contribution in [-0.2, 0) is 14.3 Å². The summed E-state index contributed by atoms with van der Waals surface area (Å²) >= 11 is 0. The van der Waals surface area contributed by atoms with Gasteiger partial charge in [0.2, 0.25) is 0 Å². The maximum atomic E-state index is 10.8. The second kappa shape index (κ2) is 3.72. The first-order chi connectivity index (χ1) is 5.24. The zero-order chi connectivity index (χ0) is 8.27. The SMILES string of the molecule is CCC(=O)OC(C)C1CCO1. The Kier molecular flexibility index (Phi) is 2.88. The molecule has 2 unspecified atom stereocenters. The second-order valence-electron chi connectivity index (χ2n) is 2.75. The van der Waals surface area contributed by atoms with Crippen LogP contribution in [0.15, 0.2) is 0 Å². The predicted molar refractivity (Wildman–Crippen MR) is 40.2 cm³/mol.